The minimum atomic E-state index is -4.45. The number of halogens is 3. The lowest BCUT2D eigenvalue weighted by atomic mass is 10.1. The molecule has 5 nitrogen and oxygen atoms in total. The van der Waals surface area contributed by atoms with E-state index in [0.29, 0.717) is 16.3 Å². The second kappa shape index (κ2) is 7.79. The molecule has 0 bridgehead atoms. The van der Waals surface area contributed by atoms with Crippen LogP contribution in [-0.4, -0.2) is 46.8 Å². The standard InChI is InChI=1S/C17H21F3N4OS/c1-23-15(17(18,19)20)11-12(22-23)13-5-6-14(26-13)16(25)21-7-10-24-8-3-2-4-9-24/h5-6,11H,2-4,7-10H2,1H3,(H,21,25). The molecule has 9 heteroatoms. The van der Waals surface area contributed by atoms with Gasteiger partial charge in [0.25, 0.3) is 5.91 Å². The maximum Gasteiger partial charge on any atom is 0.433 e. The number of carbonyl (C=O) groups excluding carboxylic acids is 1. The molecule has 1 N–H and O–H groups in total. The van der Waals surface area contributed by atoms with E-state index in [0.717, 1.165) is 41.7 Å². The number of aryl methyl sites for hydroxylation is 1. The van der Waals surface area contributed by atoms with Gasteiger partial charge in [-0.25, -0.2) is 0 Å². The largest absolute Gasteiger partial charge is 0.433 e. The van der Waals surface area contributed by atoms with Crippen molar-refractivity contribution in [3.05, 3.63) is 28.8 Å². The van der Waals surface area contributed by atoms with E-state index in [1.807, 2.05) is 0 Å². The van der Waals surface area contributed by atoms with Crippen LogP contribution in [0, 0.1) is 0 Å². The van der Waals surface area contributed by atoms with Crippen LogP contribution in [0.15, 0.2) is 18.2 Å². The van der Waals surface area contributed by atoms with Crippen LogP contribution in [0.1, 0.15) is 34.6 Å². The third kappa shape index (κ3) is 4.45. The Balaban J connectivity index is 1.59. The Morgan fingerprint density at radius 2 is 2.00 bits per heavy atom. The van der Waals surface area contributed by atoms with Crippen LogP contribution < -0.4 is 5.32 Å². The lowest BCUT2D eigenvalue weighted by Crippen LogP contribution is -2.37. The fraction of sp³-hybridized carbons (Fsp3) is 0.529. The van der Waals surface area contributed by atoms with Crippen molar-refractivity contribution in [2.75, 3.05) is 26.2 Å². The Hall–Kier alpha value is -1.87. The first-order valence-corrected chi connectivity index (χ1v) is 9.38. The van der Waals surface area contributed by atoms with Gasteiger partial charge in [-0.15, -0.1) is 11.3 Å². The molecule has 1 aliphatic heterocycles. The highest BCUT2D eigenvalue weighted by Crippen LogP contribution is 2.34. The lowest BCUT2D eigenvalue weighted by Gasteiger charge is -2.26. The first-order chi connectivity index (χ1) is 12.3. The zero-order valence-corrected chi connectivity index (χ0v) is 15.3. The molecule has 0 saturated carbocycles. The predicted octanol–water partition coefficient (Wildman–Crippen LogP) is 3.38. The summed E-state index contributed by atoms with van der Waals surface area (Å²) in [5, 5.41) is 6.79. The van der Waals surface area contributed by atoms with Crippen LogP contribution in [0.4, 0.5) is 13.2 Å². The van der Waals surface area contributed by atoms with Crippen LogP contribution in [0.25, 0.3) is 10.6 Å². The Labute approximate surface area is 153 Å². The van der Waals surface area contributed by atoms with Crippen molar-refractivity contribution >= 4 is 17.2 Å². The second-order valence-corrected chi connectivity index (χ2v) is 7.44. The molecule has 2 aromatic rings. The zero-order chi connectivity index (χ0) is 18.7. The number of aromatic nitrogens is 2. The fourth-order valence-electron chi connectivity index (χ4n) is 3.05. The maximum absolute atomic E-state index is 12.9. The zero-order valence-electron chi connectivity index (χ0n) is 14.5. The van der Waals surface area contributed by atoms with Crippen molar-refractivity contribution in [2.45, 2.75) is 25.4 Å². The van der Waals surface area contributed by atoms with Crippen molar-refractivity contribution in [1.82, 2.24) is 20.0 Å². The Morgan fingerprint density at radius 1 is 1.27 bits per heavy atom. The number of rotatable bonds is 5. The molecule has 1 aliphatic rings. The first-order valence-electron chi connectivity index (χ1n) is 8.56. The summed E-state index contributed by atoms with van der Waals surface area (Å²) in [4.78, 5) is 15.6. The summed E-state index contributed by atoms with van der Waals surface area (Å²) < 4.78 is 39.4. The average Bonchev–Trinajstić information content (AvgIpc) is 3.22. The molecule has 3 rings (SSSR count). The highest BCUT2D eigenvalue weighted by Gasteiger charge is 2.35. The molecule has 1 fully saturated rings. The van der Waals surface area contributed by atoms with Gasteiger partial charge in [0.05, 0.1) is 9.75 Å². The summed E-state index contributed by atoms with van der Waals surface area (Å²) in [6.07, 6.45) is -0.783. The van der Waals surface area contributed by atoms with E-state index < -0.39 is 11.9 Å². The van der Waals surface area contributed by atoms with E-state index in [1.54, 1.807) is 12.1 Å². The van der Waals surface area contributed by atoms with Gasteiger partial charge in [-0.3, -0.25) is 9.48 Å². The van der Waals surface area contributed by atoms with Crippen LogP contribution in [0.5, 0.6) is 0 Å². The average molecular weight is 386 g/mol. The van der Waals surface area contributed by atoms with Crippen molar-refractivity contribution in [1.29, 1.82) is 0 Å². The van der Waals surface area contributed by atoms with Gasteiger partial charge in [-0.1, -0.05) is 6.42 Å². The molecule has 0 aliphatic carbocycles. The number of hydrogen-bond acceptors (Lipinski definition) is 4. The molecule has 0 spiro atoms. The van der Waals surface area contributed by atoms with Gasteiger partial charge < -0.3 is 10.2 Å². The SMILES string of the molecule is Cn1nc(-c2ccc(C(=O)NCCN3CCCCC3)s2)cc1C(F)(F)F. The first kappa shape index (κ1) is 18.9. The van der Waals surface area contributed by atoms with Gasteiger partial charge in [0.15, 0.2) is 0 Å². The molecule has 1 amide bonds. The predicted molar refractivity (Wildman–Crippen MR) is 94.1 cm³/mol. The monoisotopic (exact) mass is 386 g/mol. The van der Waals surface area contributed by atoms with Crippen molar-refractivity contribution in [3.63, 3.8) is 0 Å². The van der Waals surface area contributed by atoms with Gasteiger partial charge >= 0.3 is 6.18 Å². The van der Waals surface area contributed by atoms with Crippen LogP contribution >= 0.6 is 11.3 Å². The van der Waals surface area contributed by atoms with Crippen molar-refractivity contribution in [3.8, 4) is 10.6 Å². The molecule has 26 heavy (non-hydrogen) atoms. The van der Waals surface area contributed by atoms with Gasteiger partial charge in [-0.05, 0) is 44.1 Å². The smallest absolute Gasteiger partial charge is 0.350 e. The number of piperidine rings is 1. The quantitative estimate of drug-likeness (QED) is 0.857. The van der Waals surface area contributed by atoms with Gasteiger partial charge in [0, 0.05) is 20.1 Å². The summed E-state index contributed by atoms with van der Waals surface area (Å²) in [7, 11) is 1.26. The molecule has 2 aromatic heterocycles. The minimum absolute atomic E-state index is 0.203. The number of amides is 1. The minimum Gasteiger partial charge on any atom is -0.350 e. The molecule has 1 saturated heterocycles. The lowest BCUT2D eigenvalue weighted by molar-refractivity contribution is -0.143. The number of hydrogen-bond donors (Lipinski definition) is 1. The molecule has 0 unspecified atom stereocenters. The Kier molecular flexibility index (Phi) is 5.67. The second-order valence-electron chi connectivity index (χ2n) is 6.36. The molecule has 0 radical (unpaired) electrons. The number of nitrogens with one attached hydrogen (secondary N) is 1. The highest BCUT2D eigenvalue weighted by atomic mass is 32.1. The van der Waals surface area contributed by atoms with E-state index in [-0.39, 0.29) is 11.6 Å². The van der Waals surface area contributed by atoms with E-state index in [4.69, 9.17) is 0 Å². The molecule has 3 heterocycles. The van der Waals surface area contributed by atoms with Gasteiger partial charge in [-0.2, -0.15) is 18.3 Å². The number of alkyl halides is 3. The third-order valence-corrected chi connectivity index (χ3v) is 5.52. The van der Waals surface area contributed by atoms with Crippen molar-refractivity contribution in [2.24, 2.45) is 7.05 Å². The molecule has 0 aromatic carbocycles. The van der Waals surface area contributed by atoms with Crippen LogP contribution in [0.2, 0.25) is 0 Å². The summed E-state index contributed by atoms with van der Waals surface area (Å²) in [5.74, 6) is -0.203. The van der Waals surface area contributed by atoms with Crippen LogP contribution in [0.3, 0.4) is 0 Å². The summed E-state index contributed by atoms with van der Waals surface area (Å²) in [5.41, 5.74) is -0.592. The molecule has 142 valence electrons. The number of thiophene rings is 1. The molecular weight excluding hydrogens is 365 g/mol. The summed E-state index contributed by atoms with van der Waals surface area (Å²) in [6, 6.07) is 4.26. The van der Waals surface area contributed by atoms with E-state index in [1.165, 1.54) is 26.3 Å². The topological polar surface area (TPSA) is 50.2 Å². The molecule has 0 atom stereocenters. The normalized spacial score (nSPS) is 16.0. The summed E-state index contributed by atoms with van der Waals surface area (Å²) in [6.45, 7) is 3.52. The Bertz CT molecular complexity index is 762. The summed E-state index contributed by atoms with van der Waals surface area (Å²) >= 11 is 1.14. The van der Waals surface area contributed by atoms with Gasteiger partial charge in [0.1, 0.15) is 11.4 Å². The van der Waals surface area contributed by atoms with Crippen molar-refractivity contribution < 1.29 is 18.0 Å². The fourth-order valence-corrected chi connectivity index (χ4v) is 3.93. The molecular formula is C17H21F3N4OS. The van der Waals surface area contributed by atoms with E-state index >= 15 is 0 Å². The van der Waals surface area contributed by atoms with Gasteiger partial charge in [0.2, 0.25) is 0 Å². The number of nitrogens with zero attached hydrogens (tertiary/aromatic N) is 3. The Morgan fingerprint density at radius 3 is 2.65 bits per heavy atom. The van der Waals surface area contributed by atoms with E-state index in [2.05, 4.69) is 15.3 Å². The number of likely N-dealkylation sites (tertiary alicyclic amines) is 1. The van der Waals surface area contributed by atoms with Crippen LogP contribution in [-0.2, 0) is 13.2 Å². The third-order valence-electron chi connectivity index (χ3n) is 4.41. The van der Waals surface area contributed by atoms with E-state index in [9.17, 15) is 18.0 Å². The maximum atomic E-state index is 12.9. The number of carbonyl (C=O) groups is 1. The highest BCUT2D eigenvalue weighted by molar-refractivity contribution is 7.17.